The third-order valence-corrected chi connectivity index (χ3v) is 2.85. The van der Waals surface area contributed by atoms with E-state index in [1.165, 1.54) is 0 Å². The predicted octanol–water partition coefficient (Wildman–Crippen LogP) is 2.67. The number of benzene rings is 2. The predicted molar refractivity (Wildman–Crippen MR) is 74.5 cm³/mol. The molecule has 2 aromatic rings. The van der Waals surface area contributed by atoms with Crippen molar-refractivity contribution in [3.05, 3.63) is 65.2 Å². The van der Waals surface area contributed by atoms with Gasteiger partial charge in [0.2, 0.25) is 0 Å². The molecule has 4 nitrogen and oxygen atoms in total. The highest BCUT2D eigenvalue weighted by Gasteiger charge is 2.01. The summed E-state index contributed by atoms with van der Waals surface area (Å²) < 4.78 is 5.74. The molecule has 0 aliphatic heterocycles. The molecule has 3 N–H and O–H groups in total. The van der Waals surface area contributed by atoms with Gasteiger partial charge in [-0.1, -0.05) is 47.6 Å². The van der Waals surface area contributed by atoms with Crippen molar-refractivity contribution >= 4 is 5.84 Å². The molecular weight excluding hydrogens is 240 g/mol. The van der Waals surface area contributed by atoms with E-state index in [-0.39, 0.29) is 5.84 Å². The Labute approximate surface area is 112 Å². The maximum atomic E-state index is 8.58. The molecule has 4 heteroatoms. The van der Waals surface area contributed by atoms with E-state index in [0.717, 1.165) is 16.9 Å². The number of ether oxygens (including phenoxy) is 1. The average Bonchev–Trinajstić information content (AvgIpc) is 2.46. The number of oxime groups is 1. The quantitative estimate of drug-likeness (QED) is 0.382. The van der Waals surface area contributed by atoms with Crippen LogP contribution in [0.15, 0.2) is 53.7 Å². The zero-order valence-electron chi connectivity index (χ0n) is 10.7. The van der Waals surface area contributed by atoms with Gasteiger partial charge in [-0.3, -0.25) is 0 Å². The minimum absolute atomic E-state index is 0.103. The topological polar surface area (TPSA) is 67.8 Å². The van der Waals surface area contributed by atoms with E-state index in [2.05, 4.69) is 5.16 Å². The summed E-state index contributed by atoms with van der Waals surface area (Å²) >= 11 is 0. The number of rotatable bonds is 4. The van der Waals surface area contributed by atoms with Crippen LogP contribution in [0.2, 0.25) is 0 Å². The molecule has 0 saturated heterocycles. The lowest BCUT2D eigenvalue weighted by Crippen LogP contribution is -2.12. The molecule has 19 heavy (non-hydrogen) atoms. The van der Waals surface area contributed by atoms with Gasteiger partial charge in [-0.25, -0.2) is 0 Å². The molecule has 0 fully saturated rings. The lowest BCUT2D eigenvalue weighted by atomic mass is 10.1. The minimum atomic E-state index is 0.103. The van der Waals surface area contributed by atoms with E-state index >= 15 is 0 Å². The molecule has 0 unspecified atom stereocenters. The van der Waals surface area contributed by atoms with Crippen molar-refractivity contribution in [2.45, 2.75) is 13.5 Å². The van der Waals surface area contributed by atoms with Gasteiger partial charge in [0.1, 0.15) is 12.4 Å². The van der Waals surface area contributed by atoms with E-state index in [4.69, 9.17) is 15.7 Å². The van der Waals surface area contributed by atoms with Gasteiger partial charge in [0.25, 0.3) is 0 Å². The van der Waals surface area contributed by atoms with Crippen molar-refractivity contribution in [1.29, 1.82) is 0 Å². The Morgan fingerprint density at radius 2 is 1.84 bits per heavy atom. The summed E-state index contributed by atoms with van der Waals surface area (Å²) in [5, 5.41) is 11.5. The minimum Gasteiger partial charge on any atom is -0.489 e. The summed E-state index contributed by atoms with van der Waals surface area (Å²) in [4.78, 5) is 0. The number of hydrogen-bond acceptors (Lipinski definition) is 3. The maximum absolute atomic E-state index is 8.58. The summed E-state index contributed by atoms with van der Waals surface area (Å²) in [6.07, 6.45) is 0. The molecule has 2 aromatic carbocycles. The Balaban J connectivity index is 2.03. The molecule has 0 bridgehead atoms. The molecule has 0 aromatic heterocycles. The third kappa shape index (κ3) is 3.25. The normalized spacial score (nSPS) is 11.3. The maximum Gasteiger partial charge on any atom is 0.170 e. The zero-order chi connectivity index (χ0) is 13.7. The summed E-state index contributed by atoms with van der Waals surface area (Å²) in [7, 11) is 0. The van der Waals surface area contributed by atoms with E-state index < -0.39 is 0 Å². The molecule has 2 rings (SSSR count). The highest BCUT2D eigenvalue weighted by Crippen LogP contribution is 2.18. The van der Waals surface area contributed by atoms with Crippen LogP contribution < -0.4 is 10.5 Å². The summed E-state index contributed by atoms with van der Waals surface area (Å²) in [5.74, 6) is 0.981. The van der Waals surface area contributed by atoms with Crippen molar-refractivity contribution < 1.29 is 9.94 Å². The molecule has 0 spiro atoms. The van der Waals surface area contributed by atoms with Crippen LogP contribution in [-0.4, -0.2) is 11.0 Å². The fourth-order valence-electron chi connectivity index (χ4n) is 1.71. The second kappa shape index (κ2) is 5.91. The number of hydrogen-bond donors (Lipinski definition) is 2. The van der Waals surface area contributed by atoms with Gasteiger partial charge in [-0.15, -0.1) is 0 Å². The Morgan fingerprint density at radius 1 is 1.16 bits per heavy atom. The number of aryl methyl sites for hydroxylation is 1. The monoisotopic (exact) mass is 256 g/mol. The Morgan fingerprint density at radius 3 is 2.47 bits per heavy atom. The first kappa shape index (κ1) is 13.0. The summed E-state index contributed by atoms with van der Waals surface area (Å²) in [6, 6.07) is 15.3. The average molecular weight is 256 g/mol. The highest BCUT2D eigenvalue weighted by molar-refractivity contribution is 5.96. The summed E-state index contributed by atoms with van der Waals surface area (Å²) in [6.45, 7) is 2.50. The van der Waals surface area contributed by atoms with E-state index in [9.17, 15) is 0 Å². The molecule has 0 saturated carbocycles. The van der Waals surface area contributed by atoms with Gasteiger partial charge in [0.05, 0.1) is 0 Å². The fourth-order valence-corrected chi connectivity index (χ4v) is 1.71. The first-order chi connectivity index (χ1) is 9.20. The van der Waals surface area contributed by atoms with E-state index in [1.807, 2.05) is 43.3 Å². The first-order valence-electron chi connectivity index (χ1n) is 5.96. The van der Waals surface area contributed by atoms with Gasteiger partial charge in [-0.2, -0.15) is 0 Å². The lowest BCUT2D eigenvalue weighted by Gasteiger charge is -2.09. The molecule has 0 aliphatic rings. The number of para-hydroxylation sites is 1. The van der Waals surface area contributed by atoms with Gasteiger partial charge < -0.3 is 15.7 Å². The lowest BCUT2D eigenvalue weighted by molar-refractivity contribution is 0.304. The summed E-state index contributed by atoms with van der Waals surface area (Å²) in [5.41, 5.74) is 8.31. The highest BCUT2D eigenvalue weighted by atomic mass is 16.5. The molecule has 0 heterocycles. The van der Waals surface area contributed by atoms with Gasteiger partial charge >= 0.3 is 0 Å². The van der Waals surface area contributed by atoms with Gasteiger partial charge in [0, 0.05) is 5.56 Å². The molecule has 0 radical (unpaired) electrons. The van der Waals surface area contributed by atoms with Crippen LogP contribution in [0.25, 0.3) is 0 Å². The van der Waals surface area contributed by atoms with Crippen molar-refractivity contribution in [1.82, 2.24) is 0 Å². The van der Waals surface area contributed by atoms with Crippen molar-refractivity contribution in [3.63, 3.8) is 0 Å². The van der Waals surface area contributed by atoms with Crippen LogP contribution in [0.5, 0.6) is 5.75 Å². The molecule has 0 amide bonds. The number of nitrogens with zero attached hydrogens (tertiary/aromatic N) is 1. The van der Waals surface area contributed by atoms with Crippen LogP contribution in [0.4, 0.5) is 0 Å². The van der Waals surface area contributed by atoms with Gasteiger partial charge in [-0.05, 0) is 24.1 Å². The first-order valence-corrected chi connectivity index (χ1v) is 5.96. The van der Waals surface area contributed by atoms with Gasteiger partial charge in [0.15, 0.2) is 5.84 Å². The second-order valence-corrected chi connectivity index (χ2v) is 4.24. The largest absolute Gasteiger partial charge is 0.489 e. The Hall–Kier alpha value is -2.49. The van der Waals surface area contributed by atoms with Crippen molar-refractivity contribution in [2.24, 2.45) is 10.9 Å². The van der Waals surface area contributed by atoms with Crippen LogP contribution >= 0.6 is 0 Å². The molecule has 0 aliphatic carbocycles. The zero-order valence-corrected chi connectivity index (χ0v) is 10.7. The van der Waals surface area contributed by atoms with E-state index in [1.54, 1.807) is 12.1 Å². The molecule has 0 atom stereocenters. The molecular formula is C15H16N2O2. The standard InChI is InChI=1S/C15H16N2O2/c1-11-4-2-3-5-14(11)19-10-12-6-8-13(9-7-12)15(16)17-18/h2-9,18H,10H2,1H3,(H2,16,17). The molecule has 98 valence electrons. The number of nitrogens with two attached hydrogens (primary N) is 1. The smallest absolute Gasteiger partial charge is 0.170 e. The Bertz CT molecular complexity index is 577. The second-order valence-electron chi connectivity index (χ2n) is 4.24. The SMILES string of the molecule is Cc1ccccc1OCc1ccc(/C(N)=N/O)cc1. The van der Waals surface area contributed by atoms with Crippen LogP contribution in [0.3, 0.4) is 0 Å². The van der Waals surface area contributed by atoms with E-state index in [0.29, 0.717) is 12.2 Å². The fraction of sp³-hybridized carbons (Fsp3) is 0.133. The van der Waals surface area contributed by atoms with Crippen molar-refractivity contribution in [3.8, 4) is 5.75 Å². The van der Waals surface area contributed by atoms with Crippen LogP contribution in [-0.2, 0) is 6.61 Å². The van der Waals surface area contributed by atoms with Crippen LogP contribution in [0, 0.1) is 6.92 Å². The Kier molecular flexibility index (Phi) is 4.03. The van der Waals surface area contributed by atoms with Crippen LogP contribution in [0.1, 0.15) is 16.7 Å². The van der Waals surface area contributed by atoms with Crippen molar-refractivity contribution in [2.75, 3.05) is 0 Å². The third-order valence-electron chi connectivity index (χ3n) is 2.85. The number of amidine groups is 1.